The van der Waals surface area contributed by atoms with E-state index >= 15 is 0 Å². The predicted octanol–water partition coefficient (Wildman–Crippen LogP) is 0.0643. The van der Waals surface area contributed by atoms with Gasteiger partial charge in [0.15, 0.2) is 11.5 Å². The van der Waals surface area contributed by atoms with Crippen molar-refractivity contribution >= 4 is 23.5 Å². The number of halogens is 1. The van der Waals surface area contributed by atoms with E-state index in [9.17, 15) is 14.7 Å². The third kappa shape index (κ3) is 2.45. The number of carbonyl (C=O) groups excluding carboxylic acids is 2. The van der Waals surface area contributed by atoms with Crippen LogP contribution in [0.5, 0.6) is 11.5 Å². The molecule has 0 heterocycles. The minimum atomic E-state index is -0.951. The highest BCUT2D eigenvalue weighted by atomic mass is 35.5. The monoisotopic (exact) mass is 245 g/mol. The van der Waals surface area contributed by atoms with Gasteiger partial charge in [-0.25, -0.2) is 10.2 Å². The summed E-state index contributed by atoms with van der Waals surface area (Å²) < 4.78 is 0. The van der Waals surface area contributed by atoms with Gasteiger partial charge in [0.1, 0.15) is 0 Å². The number of urea groups is 1. The van der Waals surface area contributed by atoms with Gasteiger partial charge in [0.25, 0.3) is 5.91 Å². The van der Waals surface area contributed by atoms with Gasteiger partial charge in [-0.3, -0.25) is 10.2 Å². The summed E-state index contributed by atoms with van der Waals surface area (Å²) in [6.07, 6.45) is 0. The van der Waals surface area contributed by atoms with Crippen molar-refractivity contribution in [2.75, 3.05) is 0 Å². The van der Waals surface area contributed by atoms with Gasteiger partial charge in [0.2, 0.25) is 0 Å². The molecule has 8 heteroatoms. The van der Waals surface area contributed by atoms with Crippen LogP contribution >= 0.6 is 11.6 Å². The van der Waals surface area contributed by atoms with Crippen molar-refractivity contribution in [2.45, 2.75) is 0 Å². The maximum atomic E-state index is 11.4. The highest BCUT2D eigenvalue weighted by Crippen LogP contribution is 2.35. The SMILES string of the molecule is NC(=O)NNC(=O)c1ccc(O)c(O)c1Cl. The first kappa shape index (κ1) is 11.9. The van der Waals surface area contributed by atoms with Crippen LogP contribution in [0.3, 0.4) is 0 Å². The molecule has 0 spiro atoms. The average Bonchev–Trinajstić information content (AvgIpc) is 2.23. The fourth-order valence-electron chi connectivity index (χ4n) is 0.915. The molecule has 0 aliphatic rings. The van der Waals surface area contributed by atoms with Crippen molar-refractivity contribution in [2.24, 2.45) is 5.73 Å². The summed E-state index contributed by atoms with van der Waals surface area (Å²) in [7, 11) is 0. The van der Waals surface area contributed by atoms with E-state index in [1.165, 1.54) is 6.07 Å². The van der Waals surface area contributed by atoms with Crippen LogP contribution < -0.4 is 16.6 Å². The zero-order valence-corrected chi connectivity index (χ0v) is 8.58. The highest BCUT2D eigenvalue weighted by Gasteiger charge is 2.16. The third-order valence-corrected chi connectivity index (χ3v) is 2.02. The lowest BCUT2D eigenvalue weighted by Gasteiger charge is -2.08. The number of rotatable bonds is 1. The van der Waals surface area contributed by atoms with Crippen molar-refractivity contribution < 1.29 is 19.8 Å². The molecule has 0 bridgehead atoms. The number of hydrogen-bond acceptors (Lipinski definition) is 4. The number of nitrogens with two attached hydrogens (primary N) is 1. The molecule has 0 unspecified atom stereocenters. The second kappa shape index (κ2) is 4.58. The summed E-state index contributed by atoms with van der Waals surface area (Å²) in [4.78, 5) is 21.7. The summed E-state index contributed by atoms with van der Waals surface area (Å²) in [5, 5.41) is 18.0. The molecule has 0 radical (unpaired) electrons. The molecule has 0 aliphatic heterocycles. The Bertz CT molecular complexity index is 449. The van der Waals surface area contributed by atoms with E-state index in [0.29, 0.717) is 0 Å². The van der Waals surface area contributed by atoms with Gasteiger partial charge in [0.05, 0.1) is 10.6 Å². The average molecular weight is 246 g/mol. The van der Waals surface area contributed by atoms with Crippen LogP contribution in [-0.2, 0) is 0 Å². The van der Waals surface area contributed by atoms with E-state index in [1.807, 2.05) is 10.9 Å². The molecule has 0 saturated heterocycles. The van der Waals surface area contributed by atoms with E-state index in [-0.39, 0.29) is 10.6 Å². The molecule has 0 saturated carbocycles. The third-order valence-electron chi connectivity index (χ3n) is 1.64. The van der Waals surface area contributed by atoms with Crippen LogP contribution in [0.2, 0.25) is 5.02 Å². The van der Waals surface area contributed by atoms with Crippen molar-refractivity contribution in [1.29, 1.82) is 0 Å². The molecule has 1 aromatic carbocycles. The molecule has 0 aliphatic carbocycles. The Kier molecular flexibility index (Phi) is 3.41. The normalized spacial score (nSPS) is 9.56. The number of primary amides is 1. The number of phenolic OH excluding ortho intramolecular Hbond substituents is 2. The molecule has 0 aromatic heterocycles. The summed E-state index contributed by atoms with van der Waals surface area (Å²) in [5.74, 6) is -1.85. The Hall–Kier alpha value is -2.15. The molecule has 1 rings (SSSR count). The number of hydrogen-bond donors (Lipinski definition) is 5. The van der Waals surface area contributed by atoms with Crippen LogP contribution in [0.4, 0.5) is 4.79 Å². The number of benzene rings is 1. The molecule has 16 heavy (non-hydrogen) atoms. The lowest BCUT2D eigenvalue weighted by molar-refractivity contribution is 0.0937. The summed E-state index contributed by atoms with van der Waals surface area (Å²) in [5.41, 5.74) is 8.39. The second-order valence-electron chi connectivity index (χ2n) is 2.74. The minimum absolute atomic E-state index is 0.120. The van der Waals surface area contributed by atoms with Crippen LogP contribution in [0, 0.1) is 0 Å². The zero-order chi connectivity index (χ0) is 12.3. The van der Waals surface area contributed by atoms with Crippen LogP contribution in [0.25, 0.3) is 0 Å². The molecule has 0 atom stereocenters. The topological polar surface area (TPSA) is 125 Å². The molecule has 86 valence electrons. The highest BCUT2D eigenvalue weighted by molar-refractivity contribution is 6.35. The largest absolute Gasteiger partial charge is 0.504 e. The standard InChI is InChI=1S/C8H8ClN3O4/c9-5-3(1-2-4(13)6(5)14)7(15)11-12-8(10)16/h1-2,13-14H,(H,11,15)(H3,10,12,16). The van der Waals surface area contributed by atoms with Crippen LogP contribution in [0.1, 0.15) is 10.4 Å². The minimum Gasteiger partial charge on any atom is -0.504 e. The van der Waals surface area contributed by atoms with E-state index in [0.717, 1.165) is 6.07 Å². The fourth-order valence-corrected chi connectivity index (χ4v) is 1.16. The van der Waals surface area contributed by atoms with Gasteiger partial charge >= 0.3 is 6.03 Å². The van der Waals surface area contributed by atoms with Crippen molar-refractivity contribution in [3.8, 4) is 11.5 Å². The molecular formula is C8H8ClN3O4. The maximum Gasteiger partial charge on any atom is 0.330 e. The van der Waals surface area contributed by atoms with E-state index in [4.69, 9.17) is 22.4 Å². The van der Waals surface area contributed by atoms with E-state index in [1.54, 1.807) is 0 Å². The number of hydrazine groups is 1. The first-order valence-electron chi connectivity index (χ1n) is 3.99. The van der Waals surface area contributed by atoms with Gasteiger partial charge in [-0.15, -0.1) is 0 Å². The Morgan fingerprint density at radius 3 is 2.44 bits per heavy atom. The summed E-state index contributed by atoms with van der Waals surface area (Å²) >= 11 is 5.59. The Morgan fingerprint density at radius 2 is 1.88 bits per heavy atom. The number of amides is 3. The first-order valence-corrected chi connectivity index (χ1v) is 4.37. The lowest BCUT2D eigenvalue weighted by Crippen LogP contribution is -2.44. The summed E-state index contributed by atoms with van der Waals surface area (Å²) in [6.45, 7) is 0. The number of aromatic hydroxyl groups is 2. The number of phenols is 2. The Balaban J connectivity index is 2.92. The molecular weight excluding hydrogens is 238 g/mol. The number of carbonyl (C=O) groups is 2. The molecule has 0 fully saturated rings. The Labute approximate surface area is 94.8 Å². The van der Waals surface area contributed by atoms with Gasteiger partial charge < -0.3 is 15.9 Å². The predicted molar refractivity (Wildman–Crippen MR) is 55.0 cm³/mol. The van der Waals surface area contributed by atoms with Gasteiger partial charge in [-0.1, -0.05) is 11.6 Å². The van der Waals surface area contributed by atoms with Crippen LogP contribution in [-0.4, -0.2) is 22.2 Å². The summed E-state index contributed by atoms with van der Waals surface area (Å²) in [6, 6.07) is 1.31. The maximum absolute atomic E-state index is 11.4. The molecule has 1 aromatic rings. The first-order chi connectivity index (χ1) is 7.43. The lowest BCUT2D eigenvalue weighted by atomic mass is 10.2. The zero-order valence-electron chi connectivity index (χ0n) is 7.82. The second-order valence-corrected chi connectivity index (χ2v) is 3.12. The van der Waals surface area contributed by atoms with Crippen LogP contribution in [0.15, 0.2) is 12.1 Å². The Morgan fingerprint density at radius 1 is 1.25 bits per heavy atom. The van der Waals surface area contributed by atoms with Crippen molar-refractivity contribution in [3.63, 3.8) is 0 Å². The molecule has 6 N–H and O–H groups in total. The smallest absolute Gasteiger partial charge is 0.330 e. The van der Waals surface area contributed by atoms with Gasteiger partial charge in [-0.2, -0.15) is 0 Å². The van der Waals surface area contributed by atoms with Crippen molar-refractivity contribution in [3.05, 3.63) is 22.7 Å². The number of nitrogens with one attached hydrogen (secondary N) is 2. The quantitative estimate of drug-likeness (QED) is 0.354. The molecule has 3 amide bonds. The van der Waals surface area contributed by atoms with E-state index in [2.05, 4.69) is 0 Å². The van der Waals surface area contributed by atoms with Gasteiger partial charge in [0, 0.05) is 0 Å². The van der Waals surface area contributed by atoms with Crippen molar-refractivity contribution in [1.82, 2.24) is 10.9 Å². The molecule has 7 nitrogen and oxygen atoms in total. The van der Waals surface area contributed by atoms with Gasteiger partial charge in [-0.05, 0) is 12.1 Å². The van der Waals surface area contributed by atoms with E-state index < -0.39 is 23.4 Å². The fraction of sp³-hybridized carbons (Fsp3) is 0.